The second-order valence-electron chi connectivity index (χ2n) is 5.00. The van der Waals surface area contributed by atoms with E-state index in [1.807, 2.05) is 0 Å². The van der Waals surface area contributed by atoms with E-state index in [9.17, 15) is 13.2 Å². The SMILES string of the molecule is O=C=NC1(c2ccc(S(=O)(=O)C3CC3)cc2)CC1. The van der Waals surface area contributed by atoms with E-state index in [1.54, 1.807) is 30.3 Å². The highest BCUT2D eigenvalue weighted by molar-refractivity contribution is 7.92. The summed E-state index contributed by atoms with van der Waals surface area (Å²) in [4.78, 5) is 14.6. The summed E-state index contributed by atoms with van der Waals surface area (Å²) >= 11 is 0. The Morgan fingerprint density at radius 2 is 1.78 bits per heavy atom. The third kappa shape index (κ3) is 1.80. The highest BCUT2D eigenvalue weighted by atomic mass is 32.2. The predicted molar refractivity (Wildman–Crippen MR) is 65.7 cm³/mol. The minimum absolute atomic E-state index is 0.189. The van der Waals surface area contributed by atoms with Gasteiger partial charge in [-0.2, -0.15) is 4.99 Å². The number of hydrogen-bond acceptors (Lipinski definition) is 4. The highest BCUT2D eigenvalue weighted by Crippen LogP contribution is 2.49. The third-order valence-corrected chi connectivity index (χ3v) is 5.94. The summed E-state index contributed by atoms with van der Waals surface area (Å²) in [5, 5.41) is -0.189. The van der Waals surface area contributed by atoms with E-state index in [-0.39, 0.29) is 5.25 Å². The van der Waals surface area contributed by atoms with Gasteiger partial charge in [0.15, 0.2) is 9.84 Å². The van der Waals surface area contributed by atoms with E-state index in [0.717, 1.165) is 31.2 Å². The van der Waals surface area contributed by atoms with Crippen LogP contribution in [0.3, 0.4) is 0 Å². The molecule has 1 aromatic rings. The Hall–Kier alpha value is -1.45. The van der Waals surface area contributed by atoms with Crippen molar-refractivity contribution < 1.29 is 13.2 Å². The van der Waals surface area contributed by atoms with Crippen LogP contribution in [0.4, 0.5) is 0 Å². The maximum Gasteiger partial charge on any atom is 0.235 e. The van der Waals surface area contributed by atoms with Crippen LogP contribution in [-0.2, 0) is 20.2 Å². The van der Waals surface area contributed by atoms with Gasteiger partial charge < -0.3 is 0 Å². The number of aliphatic imine (C=N–C) groups is 1. The number of benzene rings is 1. The Bertz CT molecular complexity index is 619. The van der Waals surface area contributed by atoms with Crippen molar-refractivity contribution in [1.29, 1.82) is 0 Å². The maximum atomic E-state index is 12.0. The lowest BCUT2D eigenvalue weighted by Gasteiger charge is -2.09. The van der Waals surface area contributed by atoms with E-state index in [0.29, 0.717) is 4.90 Å². The Morgan fingerprint density at radius 1 is 1.17 bits per heavy atom. The van der Waals surface area contributed by atoms with Crippen molar-refractivity contribution in [1.82, 2.24) is 0 Å². The molecule has 0 radical (unpaired) electrons. The highest BCUT2D eigenvalue weighted by Gasteiger charge is 2.45. The molecule has 4 nitrogen and oxygen atoms in total. The third-order valence-electron chi connectivity index (χ3n) is 3.67. The molecule has 0 unspecified atom stereocenters. The van der Waals surface area contributed by atoms with E-state index < -0.39 is 15.4 Å². The molecule has 0 aliphatic heterocycles. The van der Waals surface area contributed by atoms with Gasteiger partial charge in [0.2, 0.25) is 6.08 Å². The monoisotopic (exact) mass is 263 g/mol. The minimum Gasteiger partial charge on any atom is -0.223 e. The molecule has 0 heterocycles. The molecule has 2 aliphatic rings. The smallest absolute Gasteiger partial charge is 0.223 e. The maximum absolute atomic E-state index is 12.0. The van der Waals surface area contributed by atoms with Crippen LogP contribution in [0.15, 0.2) is 34.2 Å². The zero-order chi connectivity index (χ0) is 12.8. The molecule has 2 saturated carbocycles. The topological polar surface area (TPSA) is 63.6 Å². The van der Waals surface area contributed by atoms with Gasteiger partial charge in [0.05, 0.1) is 15.7 Å². The van der Waals surface area contributed by atoms with E-state index in [1.165, 1.54) is 0 Å². The number of sulfone groups is 1. The normalized spacial score (nSPS) is 21.1. The van der Waals surface area contributed by atoms with E-state index in [2.05, 4.69) is 4.99 Å². The molecule has 0 saturated heterocycles. The number of nitrogens with zero attached hydrogens (tertiary/aromatic N) is 1. The first kappa shape index (κ1) is 11.6. The van der Waals surface area contributed by atoms with Crippen LogP contribution in [-0.4, -0.2) is 19.7 Å². The fourth-order valence-corrected chi connectivity index (χ4v) is 3.85. The summed E-state index contributed by atoms with van der Waals surface area (Å²) in [5.74, 6) is 0. The van der Waals surface area contributed by atoms with Crippen molar-refractivity contribution in [3.63, 3.8) is 0 Å². The van der Waals surface area contributed by atoms with Crippen molar-refractivity contribution >= 4 is 15.9 Å². The van der Waals surface area contributed by atoms with Crippen molar-refractivity contribution in [2.24, 2.45) is 4.99 Å². The van der Waals surface area contributed by atoms with Crippen molar-refractivity contribution in [2.75, 3.05) is 0 Å². The molecule has 0 N–H and O–H groups in total. The first-order valence-corrected chi connectivity index (χ1v) is 7.57. The largest absolute Gasteiger partial charge is 0.235 e. The molecule has 0 spiro atoms. The van der Waals surface area contributed by atoms with Gasteiger partial charge in [0.1, 0.15) is 0 Å². The molecule has 2 fully saturated rings. The summed E-state index contributed by atoms with van der Waals surface area (Å²) < 4.78 is 24.0. The molecule has 0 aromatic heterocycles. The first-order chi connectivity index (χ1) is 8.58. The number of carbonyl (C=O) groups excluding carboxylic acids is 1. The lowest BCUT2D eigenvalue weighted by Crippen LogP contribution is -2.08. The lowest BCUT2D eigenvalue weighted by molar-refractivity contribution is 0.556. The Labute approximate surface area is 106 Å². The van der Waals surface area contributed by atoms with Crippen LogP contribution in [0.25, 0.3) is 0 Å². The molecular formula is C13H13NO3S. The summed E-state index contributed by atoms with van der Waals surface area (Å²) in [6.07, 6.45) is 4.79. The molecule has 18 heavy (non-hydrogen) atoms. The summed E-state index contributed by atoms with van der Waals surface area (Å²) in [6, 6.07) is 6.79. The van der Waals surface area contributed by atoms with Crippen LogP contribution in [0.5, 0.6) is 0 Å². The molecule has 3 rings (SSSR count). The average Bonchev–Trinajstić information content (AvgIpc) is 3.24. The number of isocyanates is 1. The molecule has 0 atom stereocenters. The quantitative estimate of drug-likeness (QED) is 0.616. The first-order valence-electron chi connectivity index (χ1n) is 6.02. The van der Waals surface area contributed by atoms with E-state index in [4.69, 9.17) is 0 Å². The standard InChI is InChI=1S/C13H13NO3S/c15-9-14-13(7-8-13)10-1-3-11(4-2-10)18(16,17)12-5-6-12/h1-4,12H,5-8H2. The van der Waals surface area contributed by atoms with Crippen LogP contribution < -0.4 is 0 Å². The van der Waals surface area contributed by atoms with Gasteiger partial charge in [-0.1, -0.05) is 12.1 Å². The van der Waals surface area contributed by atoms with Gasteiger partial charge in [-0.05, 0) is 43.4 Å². The van der Waals surface area contributed by atoms with Gasteiger partial charge in [0, 0.05) is 0 Å². The zero-order valence-corrected chi connectivity index (χ0v) is 10.6. The van der Waals surface area contributed by atoms with Crippen LogP contribution in [0, 0.1) is 0 Å². The van der Waals surface area contributed by atoms with Crippen LogP contribution in [0.1, 0.15) is 31.2 Å². The molecule has 0 bridgehead atoms. The van der Waals surface area contributed by atoms with Gasteiger partial charge >= 0.3 is 0 Å². The summed E-state index contributed by atoms with van der Waals surface area (Å²) in [5.41, 5.74) is 0.476. The fourth-order valence-electron chi connectivity index (χ4n) is 2.20. The zero-order valence-electron chi connectivity index (χ0n) is 9.80. The van der Waals surface area contributed by atoms with Crippen LogP contribution in [0.2, 0.25) is 0 Å². The lowest BCUT2D eigenvalue weighted by atomic mass is 10.1. The van der Waals surface area contributed by atoms with Gasteiger partial charge in [-0.3, -0.25) is 0 Å². The van der Waals surface area contributed by atoms with Crippen molar-refractivity contribution in [3.05, 3.63) is 29.8 Å². The molecule has 1 aromatic carbocycles. The molecular weight excluding hydrogens is 250 g/mol. The summed E-state index contributed by atoms with van der Waals surface area (Å²) in [7, 11) is -3.13. The van der Waals surface area contributed by atoms with Crippen molar-refractivity contribution in [3.8, 4) is 0 Å². The van der Waals surface area contributed by atoms with Crippen molar-refractivity contribution in [2.45, 2.75) is 41.4 Å². The van der Waals surface area contributed by atoms with Gasteiger partial charge in [0.25, 0.3) is 0 Å². The second kappa shape index (κ2) is 3.77. The Morgan fingerprint density at radius 3 is 2.22 bits per heavy atom. The molecule has 5 heteroatoms. The average molecular weight is 263 g/mol. The molecule has 2 aliphatic carbocycles. The van der Waals surface area contributed by atoms with Crippen LogP contribution >= 0.6 is 0 Å². The Kier molecular flexibility index (Phi) is 2.44. The van der Waals surface area contributed by atoms with Gasteiger partial charge in [-0.15, -0.1) is 0 Å². The minimum atomic E-state index is -3.13. The predicted octanol–water partition coefficient (Wildman–Crippen LogP) is 1.95. The van der Waals surface area contributed by atoms with E-state index >= 15 is 0 Å². The molecule has 94 valence electrons. The Balaban J connectivity index is 1.92. The fraction of sp³-hybridized carbons (Fsp3) is 0.462. The molecule has 0 amide bonds. The number of rotatable bonds is 4. The van der Waals surface area contributed by atoms with Gasteiger partial charge in [-0.25, -0.2) is 13.2 Å². The second-order valence-corrected chi connectivity index (χ2v) is 7.23. The summed E-state index contributed by atoms with van der Waals surface area (Å²) in [6.45, 7) is 0. The number of hydrogen-bond donors (Lipinski definition) is 0.